The van der Waals surface area contributed by atoms with Crippen molar-refractivity contribution in [1.29, 1.82) is 0 Å². The van der Waals surface area contributed by atoms with Gasteiger partial charge in [0.2, 0.25) is 11.8 Å². The summed E-state index contributed by atoms with van der Waals surface area (Å²) >= 11 is 0. The van der Waals surface area contributed by atoms with Crippen molar-refractivity contribution in [2.75, 3.05) is 11.9 Å². The Hall–Kier alpha value is -1.88. The second-order valence-electron chi connectivity index (χ2n) is 6.20. The molecule has 0 fully saturated rings. The predicted octanol–water partition coefficient (Wildman–Crippen LogP) is 2.21. The van der Waals surface area contributed by atoms with Gasteiger partial charge in [-0.05, 0) is 45.4 Å². The highest BCUT2D eigenvalue weighted by Crippen LogP contribution is 2.17. The molecule has 2 amide bonds. The van der Waals surface area contributed by atoms with Gasteiger partial charge in [-0.3, -0.25) is 9.59 Å². The maximum absolute atomic E-state index is 11.9. The second kappa shape index (κ2) is 7.22. The van der Waals surface area contributed by atoms with Gasteiger partial charge in [-0.15, -0.1) is 0 Å². The van der Waals surface area contributed by atoms with Gasteiger partial charge in [-0.25, -0.2) is 0 Å². The monoisotopic (exact) mass is 291 g/mol. The first-order valence-electron chi connectivity index (χ1n) is 7.09. The minimum absolute atomic E-state index is 0.0534. The first kappa shape index (κ1) is 17.2. The molecular weight excluding hydrogens is 266 g/mol. The normalized spacial score (nSPS) is 12.6. The van der Waals surface area contributed by atoms with Crippen LogP contribution >= 0.6 is 0 Å². The molecule has 1 aromatic rings. The van der Waals surface area contributed by atoms with E-state index in [1.807, 2.05) is 52.0 Å². The third-order valence-electron chi connectivity index (χ3n) is 2.86. The average molecular weight is 291 g/mol. The van der Waals surface area contributed by atoms with Crippen LogP contribution in [0, 0.1) is 0 Å². The minimum atomic E-state index is -0.118. The standard InChI is InChI=1S/C16H25N3O2/c1-11(18-15(21)10-17-16(3,4)5)13-7-6-8-14(9-13)19-12(2)20/h6-9,11,17H,10H2,1-5H3,(H,18,21)(H,19,20). The lowest BCUT2D eigenvalue weighted by Crippen LogP contribution is -2.43. The number of amides is 2. The average Bonchev–Trinajstić information content (AvgIpc) is 2.35. The summed E-state index contributed by atoms with van der Waals surface area (Å²) in [5.41, 5.74) is 1.59. The molecule has 0 aliphatic heterocycles. The van der Waals surface area contributed by atoms with Crippen LogP contribution in [0.4, 0.5) is 5.69 Å². The van der Waals surface area contributed by atoms with E-state index >= 15 is 0 Å². The van der Waals surface area contributed by atoms with Gasteiger partial charge in [0.05, 0.1) is 12.6 Å². The third-order valence-corrected chi connectivity index (χ3v) is 2.86. The van der Waals surface area contributed by atoms with Gasteiger partial charge in [-0.2, -0.15) is 0 Å². The zero-order valence-electron chi connectivity index (χ0n) is 13.4. The fourth-order valence-electron chi connectivity index (χ4n) is 1.81. The van der Waals surface area contributed by atoms with Crippen LogP contribution in [0.5, 0.6) is 0 Å². The van der Waals surface area contributed by atoms with Crippen LogP contribution in [0.3, 0.4) is 0 Å². The van der Waals surface area contributed by atoms with E-state index in [9.17, 15) is 9.59 Å². The van der Waals surface area contributed by atoms with Crippen LogP contribution in [-0.4, -0.2) is 23.9 Å². The zero-order chi connectivity index (χ0) is 16.0. The van der Waals surface area contributed by atoms with E-state index in [4.69, 9.17) is 0 Å². The Morgan fingerprint density at radius 3 is 2.48 bits per heavy atom. The number of carbonyl (C=O) groups excluding carboxylic acids is 2. The molecule has 5 heteroatoms. The summed E-state index contributed by atoms with van der Waals surface area (Å²) in [5, 5.41) is 8.82. The van der Waals surface area contributed by atoms with E-state index in [-0.39, 0.29) is 29.9 Å². The van der Waals surface area contributed by atoms with Gasteiger partial charge in [0.1, 0.15) is 0 Å². The Bertz CT molecular complexity index is 506. The number of carbonyl (C=O) groups is 2. The first-order valence-corrected chi connectivity index (χ1v) is 7.09. The highest BCUT2D eigenvalue weighted by Gasteiger charge is 2.14. The van der Waals surface area contributed by atoms with Gasteiger partial charge in [0.15, 0.2) is 0 Å². The fraction of sp³-hybridized carbons (Fsp3) is 0.500. The summed E-state index contributed by atoms with van der Waals surface area (Å²) in [5.74, 6) is -0.166. The van der Waals surface area contributed by atoms with Gasteiger partial charge >= 0.3 is 0 Å². The minimum Gasteiger partial charge on any atom is -0.348 e. The molecule has 1 atom stereocenters. The van der Waals surface area contributed by atoms with Crippen LogP contribution in [0.25, 0.3) is 0 Å². The summed E-state index contributed by atoms with van der Waals surface area (Å²) in [7, 11) is 0. The molecule has 0 bridgehead atoms. The van der Waals surface area contributed by atoms with E-state index in [0.717, 1.165) is 11.3 Å². The molecule has 0 saturated heterocycles. The Balaban J connectivity index is 2.60. The van der Waals surface area contributed by atoms with Crippen LogP contribution in [0.15, 0.2) is 24.3 Å². The van der Waals surface area contributed by atoms with Crippen molar-refractivity contribution in [2.24, 2.45) is 0 Å². The van der Waals surface area contributed by atoms with E-state index in [1.54, 1.807) is 0 Å². The second-order valence-corrected chi connectivity index (χ2v) is 6.20. The van der Waals surface area contributed by atoms with E-state index in [1.165, 1.54) is 6.92 Å². The van der Waals surface area contributed by atoms with Crippen LogP contribution in [0.1, 0.15) is 46.2 Å². The molecular formula is C16H25N3O2. The van der Waals surface area contributed by atoms with Crippen molar-refractivity contribution in [3.8, 4) is 0 Å². The van der Waals surface area contributed by atoms with Crippen molar-refractivity contribution in [3.05, 3.63) is 29.8 Å². The van der Waals surface area contributed by atoms with E-state index in [2.05, 4.69) is 16.0 Å². The van der Waals surface area contributed by atoms with Crippen molar-refractivity contribution < 1.29 is 9.59 Å². The summed E-state index contributed by atoms with van der Waals surface area (Å²) in [6.07, 6.45) is 0. The summed E-state index contributed by atoms with van der Waals surface area (Å²) < 4.78 is 0. The zero-order valence-corrected chi connectivity index (χ0v) is 13.4. The molecule has 0 aliphatic rings. The van der Waals surface area contributed by atoms with Crippen LogP contribution in [0.2, 0.25) is 0 Å². The molecule has 0 heterocycles. The Morgan fingerprint density at radius 1 is 1.24 bits per heavy atom. The Kier molecular flexibility index (Phi) is 5.90. The summed E-state index contributed by atoms with van der Waals surface area (Å²) in [6.45, 7) is 9.71. The molecule has 3 N–H and O–H groups in total. The third kappa shape index (κ3) is 6.90. The van der Waals surface area contributed by atoms with Crippen molar-refractivity contribution >= 4 is 17.5 Å². The van der Waals surface area contributed by atoms with Gasteiger partial charge < -0.3 is 16.0 Å². The quantitative estimate of drug-likeness (QED) is 0.779. The number of rotatable bonds is 5. The molecule has 1 unspecified atom stereocenters. The molecule has 0 aliphatic carbocycles. The van der Waals surface area contributed by atoms with Gasteiger partial charge in [0, 0.05) is 18.2 Å². The van der Waals surface area contributed by atoms with Crippen LogP contribution in [-0.2, 0) is 9.59 Å². The molecule has 1 rings (SSSR count). The maximum atomic E-state index is 11.9. The lowest BCUT2D eigenvalue weighted by molar-refractivity contribution is -0.121. The topological polar surface area (TPSA) is 70.2 Å². The Morgan fingerprint density at radius 2 is 1.90 bits per heavy atom. The molecule has 21 heavy (non-hydrogen) atoms. The highest BCUT2D eigenvalue weighted by molar-refractivity contribution is 5.88. The fourth-order valence-corrected chi connectivity index (χ4v) is 1.81. The molecule has 0 radical (unpaired) electrons. The highest BCUT2D eigenvalue weighted by atomic mass is 16.2. The van der Waals surface area contributed by atoms with Crippen molar-refractivity contribution in [2.45, 2.75) is 46.2 Å². The largest absolute Gasteiger partial charge is 0.348 e. The Labute approximate surface area is 126 Å². The first-order chi connectivity index (χ1) is 9.67. The number of hydrogen-bond acceptors (Lipinski definition) is 3. The summed E-state index contributed by atoms with van der Waals surface area (Å²) in [4.78, 5) is 23.0. The SMILES string of the molecule is CC(=O)Nc1cccc(C(C)NC(=O)CNC(C)(C)C)c1. The molecule has 0 aromatic heterocycles. The number of nitrogens with one attached hydrogen (secondary N) is 3. The van der Waals surface area contributed by atoms with E-state index < -0.39 is 0 Å². The molecule has 5 nitrogen and oxygen atoms in total. The lowest BCUT2D eigenvalue weighted by Gasteiger charge is -2.21. The number of hydrogen-bond donors (Lipinski definition) is 3. The van der Waals surface area contributed by atoms with Gasteiger partial charge in [0.25, 0.3) is 0 Å². The molecule has 1 aromatic carbocycles. The lowest BCUT2D eigenvalue weighted by atomic mass is 10.1. The smallest absolute Gasteiger partial charge is 0.234 e. The summed E-state index contributed by atoms with van der Waals surface area (Å²) in [6, 6.07) is 7.35. The molecule has 0 spiro atoms. The van der Waals surface area contributed by atoms with Crippen LogP contribution < -0.4 is 16.0 Å². The predicted molar refractivity (Wildman–Crippen MR) is 85.1 cm³/mol. The van der Waals surface area contributed by atoms with Gasteiger partial charge in [-0.1, -0.05) is 12.1 Å². The molecule has 0 saturated carbocycles. The molecule has 116 valence electrons. The van der Waals surface area contributed by atoms with E-state index in [0.29, 0.717) is 0 Å². The number of benzene rings is 1. The maximum Gasteiger partial charge on any atom is 0.234 e. The van der Waals surface area contributed by atoms with Crippen molar-refractivity contribution in [1.82, 2.24) is 10.6 Å². The number of anilines is 1. The van der Waals surface area contributed by atoms with Crippen molar-refractivity contribution in [3.63, 3.8) is 0 Å².